The molecule has 2 amide bonds. The van der Waals surface area contributed by atoms with Crippen LogP contribution in [0.25, 0.3) is 0 Å². The highest BCUT2D eigenvalue weighted by molar-refractivity contribution is 5.74. The number of amides is 2. The van der Waals surface area contributed by atoms with Crippen LogP contribution in [0.5, 0.6) is 0 Å². The molecular formula is C17H26N2O2. The minimum absolute atomic E-state index is 0.00600. The van der Waals surface area contributed by atoms with E-state index in [2.05, 4.69) is 36.5 Å². The average Bonchev–Trinajstić information content (AvgIpc) is 3.30. The molecule has 0 aromatic heterocycles. The Hall–Kier alpha value is -1.55. The van der Waals surface area contributed by atoms with Gasteiger partial charge in [-0.1, -0.05) is 36.8 Å². The van der Waals surface area contributed by atoms with Crippen molar-refractivity contribution in [2.24, 2.45) is 5.92 Å². The number of rotatable bonds is 7. The van der Waals surface area contributed by atoms with Crippen LogP contribution in [0.3, 0.4) is 0 Å². The molecule has 1 fully saturated rings. The number of benzene rings is 1. The molecule has 1 unspecified atom stereocenters. The average molecular weight is 290 g/mol. The third-order valence-corrected chi connectivity index (χ3v) is 3.96. The fourth-order valence-electron chi connectivity index (χ4n) is 2.61. The van der Waals surface area contributed by atoms with Crippen molar-refractivity contribution >= 4 is 6.03 Å². The molecule has 1 saturated carbocycles. The molecule has 2 rings (SSSR count). The highest BCUT2D eigenvalue weighted by Crippen LogP contribution is 2.41. The van der Waals surface area contributed by atoms with E-state index in [1.54, 1.807) is 4.90 Å². The van der Waals surface area contributed by atoms with Gasteiger partial charge < -0.3 is 15.3 Å². The van der Waals surface area contributed by atoms with Crippen LogP contribution in [0.1, 0.15) is 43.4 Å². The van der Waals surface area contributed by atoms with Gasteiger partial charge in [-0.05, 0) is 37.7 Å². The third-order valence-electron chi connectivity index (χ3n) is 3.96. The second-order valence-electron chi connectivity index (χ2n) is 5.89. The Labute approximate surface area is 127 Å². The van der Waals surface area contributed by atoms with E-state index in [1.807, 2.05) is 6.92 Å². The molecule has 1 aliphatic carbocycles. The molecule has 0 aliphatic heterocycles. The van der Waals surface area contributed by atoms with Gasteiger partial charge in [-0.2, -0.15) is 0 Å². The molecule has 4 heteroatoms. The Morgan fingerprint density at radius 3 is 2.52 bits per heavy atom. The van der Waals surface area contributed by atoms with Crippen molar-refractivity contribution in [2.45, 2.75) is 39.2 Å². The van der Waals surface area contributed by atoms with Crippen molar-refractivity contribution in [1.82, 2.24) is 10.2 Å². The summed E-state index contributed by atoms with van der Waals surface area (Å²) in [6.07, 6.45) is 3.24. The number of carbonyl (C=O) groups is 1. The second kappa shape index (κ2) is 7.46. The van der Waals surface area contributed by atoms with E-state index in [1.165, 1.54) is 24.0 Å². The summed E-state index contributed by atoms with van der Waals surface area (Å²) in [6.45, 7) is 5.18. The van der Waals surface area contributed by atoms with Crippen molar-refractivity contribution < 1.29 is 9.90 Å². The van der Waals surface area contributed by atoms with Crippen molar-refractivity contribution in [3.05, 3.63) is 35.4 Å². The molecule has 0 radical (unpaired) electrons. The Morgan fingerprint density at radius 2 is 2.00 bits per heavy atom. The molecule has 0 spiro atoms. The van der Waals surface area contributed by atoms with Crippen LogP contribution in [0.4, 0.5) is 4.79 Å². The molecule has 2 N–H and O–H groups in total. The van der Waals surface area contributed by atoms with Crippen molar-refractivity contribution in [3.63, 3.8) is 0 Å². The summed E-state index contributed by atoms with van der Waals surface area (Å²) in [4.78, 5) is 14.1. The van der Waals surface area contributed by atoms with Crippen LogP contribution in [0, 0.1) is 12.8 Å². The standard InChI is InChI=1S/C17H26N2O2/c1-3-10-19(11-12-20)17(21)18-16(15-8-9-15)14-6-4-13(2)5-7-14/h4-7,15-16,20H,3,8-12H2,1-2H3,(H,18,21). The maximum absolute atomic E-state index is 12.4. The molecule has 21 heavy (non-hydrogen) atoms. The van der Waals surface area contributed by atoms with Gasteiger partial charge in [0.2, 0.25) is 0 Å². The number of carbonyl (C=O) groups excluding carboxylic acids is 1. The molecule has 0 saturated heterocycles. The summed E-state index contributed by atoms with van der Waals surface area (Å²) in [6, 6.07) is 8.42. The summed E-state index contributed by atoms with van der Waals surface area (Å²) >= 11 is 0. The Kier molecular flexibility index (Phi) is 5.62. The monoisotopic (exact) mass is 290 g/mol. The topological polar surface area (TPSA) is 52.6 Å². The summed E-state index contributed by atoms with van der Waals surface area (Å²) in [5, 5.41) is 12.3. The number of nitrogens with one attached hydrogen (secondary N) is 1. The molecule has 0 heterocycles. The van der Waals surface area contributed by atoms with Crippen LogP contribution < -0.4 is 5.32 Å². The smallest absolute Gasteiger partial charge is 0.317 e. The number of hydrogen-bond donors (Lipinski definition) is 2. The minimum Gasteiger partial charge on any atom is -0.395 e. The van der Waals surface area contributed by atoms with Crippen LogP contribution in [0.2, 0.25) is 0 Å². The van der Waals surface area contributed by atoms with Crippen LogP contribution in [0.15, 0.2) is 24.3 Å². The van der Waals surface area contributed by atoms with E-state index < -0.39 is 0 Å². The van der Waals surface area contributed by atoms with Crippen molar-refractivity contribution in [2.75, 3.05) is 19.7 Å². The molecule has 4 nitrogen and oxygen atoms in total. The van der Waals surface area contributed by atoms with Crippen LogP contribution in [-0.2, 0) is 0 Å². The molecule has 1 atom stereocenters. The number of aliphatic hydroxyl groups excluding tert-OH is 1. The highest BCUT2D eigenvalue weighted by Gasteiger charge is 2.34. The van der Waals surface area contributed by atoms with Crippen molar-refractivity contribution in [3.8, 4) is 0 Å². The fraction of sp³-hybridized carbons (Fsp3) is 0.588. The van der Waals surface area contributed by atoms with Gasteiger partial charge in [0.05, 0.1) is 12.6 Å². The van der Waals surface area contributed by atoms with Gasteiger partial charge in [0.15, 0.2) is 0 Å². The SMILES string of the molecule is CCCN(CCO)C(=O)NC(c1ccc(C)cc1)C1CC1. The lowest BCUT2D eigenvalue weighted by Crippen LogP contribution is -2.43. The Balaban J connectivity index is 2.05. The number of hydrogen-bond acceptors (Lipinski definition) is 2. The Morgan fingerprint density at radius 1 is 1.33 bits per heavy atom. The van der Waals surface area contributed by atoms with E-state index in [4.69, 9.17) is 5.11 Å². The molecule has 0 bridgehead atoms. The lowest BCUT2D eigenvalue weighted by Gasteiger charge is -2.26. The zero-order valence-electron chi connectivity index (χ0n) is 13.0. The molecule has 116 valence electrons. The second-order valence-corrected chi connectivity index (χ2v) is 5.89. The number of aryl methyl sites for hydroxylation is 1. The van der Waals surface area contributed by atoms with Gasteiger partial charge in [-0.3, -0.25) is 0 Å². The predicted molar refractivity (Wildman–Crippen MR) is 84.1 cm³/mol. The van der Waals surface area contributed by atoms with Gasteiger partial charge in [-0.25, -0.2) is 4.79 Å². The van der Waals surface area contributed by atoms with E-state index in [-0.39, 0.29) is 18.7 Å². The van der Waals surface area contributed by atoms with Gasteiger partial charge in [0.25, 0.3) is 0 Å². The molecular weight excluding hydrogens is 264 g/mol. The zero-order chi connectivity index (χ0) is 15.2. The van der Waals surface area contributed by atoms with Gasteiger partial charge in [0, 0.05) is 13.1 Å². The van der Waals surface area contributed by atoms with E-state index in [0.717, 1.165) is 6.42 Å². The highest BCUT2D eigenvalue weighted by atomic mass is 16.3. The lowest BCUT2D eigenvalue weighted by molar-refractivity contribution is 0.173. The molecule has 1 aromatic carbocycles. The van der Waals surface area contributed by atoms with Crippen molar-refractivity contribution in [1.29, 1.82) is 0 Å². The minimum atomic E-state index is -0.0663. The van der Waals surface area contributed by atoms with E-state index >= 15 is 0 Å². The van der Waals surface area contributed by atoms with Gasteiger partial charge in [0.1, 0.15) is 0 Å². The normalized spacial score (nSPS) is 15.6. The number of urea groups is 1. The summed E-state index contributed by atoms with van der Waals surface area (Å²) in [5.74, 6) is 0.550. The largest absolute Gasteiger partial charge is 0.395 e. The zero-order valence-corrected chi connectivity index (χ0v) is 13.0. The maximum atomic E-state index is 12.4. The first-order valence-electron chi connectivity index (χ1n) is 7.88. The summed E-state index contributed by atoms with van der Waals surface area (Å²) in [5.41, 5.74) is 2.41. The van der Waals surface area contributed by atoms with Gasteiger partial charge >= 0.3 is 6.03 Å². The van der Waals surface area contributed by atoms with E-state index in [0.29, 0.717) is 19.0 Å². The molecule has 1 aromatic rings. The summed E-state index contributed by atoms with van der Waals surface area (Å²) in [7, 11) is 0. The van der Waals surface area contributed by atoms with E-state index in [9.17, 15) is 4.79 Å². The first-order valence-corrected chi connectivity index (χ1v) is 7.88. The Bertz CT molecular complexity index is 448. The molecule has 1 aliphatic rings. The lowest BCUT2D eigenvalue weighted by atomic mass is 10.0. The first kappa shape index (κ1) is 15.8. The fourth-order valence-corrected chi connectivity index (χ4v) is 2.61. The summed E-state index contributed by atoms with van der Waals surface area (Å²) < 4.78 is 0. The third kappa shape index (κ3) is 4.46. The predicted octanol–water partition coefficient (Wildman–Crippen LogP) is 2.86. The van der Waals surface area contributed by atoms with Crippen LogP contribution >= 0.6 is 0 Å². The first-order chi connectivity index (χ1) is 10.2. The number of nitrogens with zero attached hydrogens (tertiary/aromatic N) is 1. The van der Waals surface area contributed by atoms with Gasteiger partial charge in [-0.15, -0.1) is 0 Å². The van der Waals surface area contributed by atoms with Crippen LogP contribution in [-0.4, -0.2) is 35.7 Å². The maximum Gasteiger partial charge on any atom is 0.317 e. The quantitative estimate of drug-likeness (QED) is 0.811. The number of aliphatic hydroxyl groups is 1.